The van der Waals surface area contributed by atoms with Crippen molar-refractivity contribution in [3.8, 4) is 0 Å². The first-order valence-corrected chi connectivity index (χ1v) is 5.65. The molecule has 1 unspecified atom stereocenters. The molecule has 1 atom stereocenters. The maximum Gasteiger partial charge on any atom is 0.356 e. The molecule has 0 radical (unpaired) electrons. The number of esters is 1. The summed E-state index contributed by atoms with van der Waals surface area (Å²) < 4.78 is 9.94. The molecule has 1 heterocycles. The zero-order valence-electron chi connectivity index (χ0n) is 10.3. The lowest BCUT2D eigenvalue weighted by Crippen LogP contribution is -2.33. The van der Waals surface area contributed by atoms with Crippen LogP contribution in [0.25, 0.3) is 10.9 Å². The van der Waals surface area contributed by atoms with Gasteiger partial charge in [-0.2, -0.15) is 5.10 Å². The third-order valence-corrected chi connectivity index (χ3v) is 2.47. The molecule has 96 valence electrons. The summed E-state index contributed by atoms with van der Waals surface area (Å²) in [5, 5.41) is 10.8. The molecule has 1 aromatic carbocycles. The summed E-state index contributed by atoms with van der Waals surface area (Å²) in [5.74, 6) is 0.0950. The number of aromatic amines is 1. The van der Waals surface area contributed by atoms with Gasteiger partial charge in [0.2, 0.25) is 6.23 Å². The molecular formula is C12H15N3O3. The number of rotatable bonds is 5. The van der Waals surface area contributed by atoms with Gasteiger partial charge >= 0.3 is 5.97 Å². The van der Waals surface area contributed by atoms with Gasteiger partial charge in [-0.1, -0.05) is 12.1 Å². The molecule has 0 spiro atoms. The third-order valence-electron chi connectivity index (χ3n) is 2.47. The van der Waals surface area contributed by atoms with Crippen LogP contribution < -0.4 is 5.32 Å². The quantitative estimate of drug-likeness (QED) is 0.620. The lowest BCUT2D eigenvalue weighted by molar-refractivity contribution is -0.153. The van der Waals surface area contributed by atoms with Gasteiger partial charge in [-0.3, -0.25) is 5.10 Å². The van der Waals surface area contributed by atoms with E-state index in [0.29, 0.717) is 12.4 Å². The van der Waals surface area contributed by atoms with Crippen molar-refractivity contribution < 1.29 is 14.3 Å². The number of hydrogen-bond donors (Lipinski definition) is 2. The Kier molecular flexibility index (Phi) is 3.78. The average molecular weight is 249 g/mol. The number of para-hydroxylation sites is 1. The second-order valence-corrected chi connectivity index (χ2v) is 3.63. The van der Waals surface area contributed by atoms with E-state index in [2.05, 4.69) is 15.5 Å². The summed E-state index contributed by atoms with van der Waals surface area (Å²) in [6.07, 6.45) is -0.864. The Morgan fingerprint density at radius 1 is 1.50 bits per heavy atom. The minimum atomic E-state index is -0.864. The molecule has 0 saturated heterocycles. The van der Waals surface area contributed by atoms with Crippen molar-refractivity contribution in [2.24, 2.45) is 0 Å². The van der Waals surface area contributed by atoms with E-state index in [4.69, 9.17) is 9.47 Å². The highest BCUT2D eigenvalue weighted by Gasteiger charge is 2.20. The smallest absolute Gasteiger partial charge is 0.356 e. The molecular weight excluding hydrogens is 234 g/mol. The first kappa shape index (κ1) is 12.4. The van der Waals surface area contributed by atoms with E-state index >= 15 is 0 Å². The van der Waals surface area contributed by atoms with Crippen molar-refractivity contribution in [1.29, 1.82) is 0 Å². The van der Waals surface area contributed by atoms with Crippen molar-refractivity contribution >= 4 is 22.7 Å². The van der Waals surface area contributed by atoms with E-state index in [0.717, 1.165) is 10.9 Å². The fourth-order valence-corrected chi connectivity index (χ4v) is 1.63. The number of benzene rings is 1. The highest BCUT2D eigenvalue weighted by molar-refractivity contribution is 5.91. The van der Waals surface area contributed by atoms with Gasteiger partial charge in [-0.25, -0.2) is 4.79 Å². The number of H-pyrrole nitrogens is 1. The average Bonchev–Trinajstić information content (AvgIpc) is 2.79. The van der Waals surface area contributed by atoms with E-state index in [9.17, 15) is 4.79 Å². The summed E-state index contributed by atoms with van der Waals surface area (Å²) in [7, 11) is 1.43. The van der Waals surface area contributed by atoms with Crippen LogP contribution in [0, 0.1) is 0 Å². The second-order valence-electron chi connectivity index (χ2n) is 3.63. The lowest BCUT2D eigenvalue weighted by atomic mass is 10.2. The van der Waals surface area contributed by atoms with E-state index in [1.165, 1.54) is 7.11 Å². The van der Waals surface area contributed by atoms with Crippen molar-refractivity contribution in [2.45, 2.75) is 13.2 Å². The normalized spacial score (nSPS) is 12.3. The number of carbonyl (C=O) groups excluding carboxylic acids is 1. The first-order chi connectivity index (χ1) is 8.76. The van der Waals surface area contributed by atoms with Crippen LogP contribution in [-0.2, 0) is 14.3 Å². The van der Waals surface area contributed by atoms with E-state index in [-0.39, 0.29) is 0 Å². The van der Waals surface area contributed by atoms with Gasteiger partial charge in [0.1, 0.15) is 0 Å². The van der Waals surface area contributed by atoms with Crippen molar-refractivity contribution in [3.63, 3.8) is 0 Å². The zero-order valence-corrected chi connectivity index (χ0v) is 10.3. The van der Waals surface area contributed by atoms with Crippen LogP contribution >= 0.6 is 0 Å². The Morgan fingerprint density at radius 3 is 3.00 bits per heavy atom. The molecule has 0 aliphatic carbocycles. The predicted octanol–water partition coefficient (Wildman–Crippen LogP) is 1.51. The molecule has 6 nitrogen and oxygen atoms in total. The summed E-state index contributed by atoms with van der Waals surface area (Å²) in [6, 6.07) is 7.61. The van der Waals surface area contributed by atoms with Crippen LogP contribution in [-0.4, -0.2) is 36.1 Å². The van der Waals surface area contributed by atoms with E-state index in [1.807, 2.05) is 24.3 Å². The van der Waals surface area contributed by atoms with Crippen molar-refractivity contribution in [1.82, 2.24) is 10.2 Å². The number of methoxy groups -OCH3 is 1. The summed E-state index contributed by atoms with van der Waals surface area (Å²) in [5.41, 5.74) is 0.888. The van der Waals surface area contributed by atoms with Crippen LogP contribution in [0.3, 0.4) is 0 Å². The number of ether oxygens (including phenoxy) is 2. The Hall–Kier alpha value is -2.08. The molecule has 0 saturated carbocycles. The number of carbonyl (C=O) groups is 1. The van der Waals surface area contributed by atoms with Gasteiger partial charge in [-0.05, 0) is 19.1 Å². The van der Waals surface area contributed by atoms with Crippen LogP contribution in [0.1, 0.15) is 6.92 Å². The Bertz CT molecular complexity index is 538. The number of hydrogen-bond acceptors (Lipinski definition) is 5. The SMILES string of the molecule is CCOC(=O)C(Nc1n[nH]c2ccccc12)OC. The van der Waals surface area contributed by atoms with Crippen molar-refractivity contribution in [2.75, 3.05) is 19.0 Å². The Balaban J connectivity index is 2.19. The molecule has 2 N–H and O–H groups in total. The second kappa shape index (κ2) is 5.50. The summed E-state index contributed by atoms with van der Waals surface area (Å²) in [6.45, 7) is 2.05. The van der Waals surface area contributed by atoms with Gasteiger partial charge in [0.05, 0.1) is 12.1 Å². The van der Waals surface area contributed by atoms with Gasteiger partial charge in [0, 0.05) is 12.5 Å². The largest absolute Gasteiger partial charge is 0.463 e. The summed E-state index contributed by atoms with van der Waals surface area (Å²) in [4.78, 5) is 11.6. The van der Waals surface area contributed by atoms with Crippen LogP contribution in [0.15, 0.2) is 24.3 Å². The third kappa shape index (κ3) is 2.43. The Morgan fingerprint density at radius 2 is 2.28 bits per heavy atom. The minimum Gasteiger partial charge on any atom is -0.463 e. The monoisotopic (exact) mass is 249 g/mol. The molecule has 2 aromatic rings. The van der Waals surface area contributed by atoms with Crippen LogP contribution in [0.2, 0.25) is 0 Å². The predicted molar refractivity (Wildman–Crippen MR) is 67.1 cm³/mol. The molecule has 0 amide bonds. The van der Waals surface area contributed by atoms with E-state index in [1.54, 1.807) is 6.92 Å². The fraction of sp³-hybridized carbons (Fsp3) is 0.333. The maximum absolute atomic E-state index is 11.6. The molecule has 6 heteroatoms. The molecule has 0 aliphatic rings. The molecule has 0 aliphatic heterocycles. The maximum atomic E-state index is 11.6. The summed E-state index contributed by atoms with van der Waals surface area (Å²) >= 11 is 0. The molecule has 1 aromatic heterocycles. The number of fused-ring (bicyclic) bond motifs is 1. The molecule has 2 rings (SSSR count). The van der Waals surface area contributed by atoms with Crippen LogP contribution in [0.4, 0.5) is 5.82 Å². The Labute approximate surface area is 104 Å². The van der Waals surface area contributed by atoms with Crippen LogP contribution in [0.5, 0.6) is 0 Å². The van der Waals surface area contributed by atoms with Gasteiger partial charge in [-0.15, -0.1) is 0 Å². The zero-order chi connectivity index (χ0) is 13.0. The topological polar surface area (TPSA) is 76.2 Å². The van der Waals surface area contributed by atoms with Gasteiger partial charge < -0.3 is 14.8 Å². The number of aromatic nitrogens is 2. The van der Waals surface area contributed by atoms with Crippen molar-refractivity contribution in [3.05, 3.63) is 24.3 Å². The van der Waals surface area contributed by atoms with Gasteiger partial charge in [0.15, 0.2) is 5.82 Å². The number of nitrogens with zero attached hydrogens (tertiary/aromatic N) is 1. The minimum absolute atomic E-state index is 0.307. The van der Waals surface area contributed by atoms with Gasteiger partial charge in [0.25, 0.3) is 0 Å². The molecule has 18 heavy (non-hydrogen) atoms. The standard InChI is InChI=1S/C12H15N3O3/c1-3-18-12(16)11(17-2)13-10-8-6-4-5-7-9(8)14-15-10/h4-7,11H,3H2,1-2H3,(H2,13,14,15). The highest BCUT2D eigenvalue weighted by atomic mass is 16.6. The fourth-order valence-electron chi connectivity index (χ4n) is 1.63. The highest BCUT2D eigenvalue weighted by Crippen LogP contribution is 2.20. The number of anilines is 1. The number of nitrogens with one attached hydrogen (secondary N) is 2. The first-order valence-electron chi connectivity index (χ1n) is 5.65. The van der Waals surface area contributed by atoms with E-state index < -0.39 is 12.2 Å². The molecule has 0 bridgehead atoms. The molecule has 0 fully saturated rings. The lowest BCUT2D eigenvalue weighted by Gasteiger charge is -2.14.